The molecule has 25 heavy (non-hydrogen) atoms. The Balaban J connectivity index is 1.46. The summed E-state index contributed by atoms with van der Waals surface area (Å²) in [5.41, 5.74) is 0.629. The van der Waals surface area contributed by atoms with E-state index < -0.39 is 9.84 Å². The summed E-state index contributed by atoms with van der Waals surface area (Å²) in [7, 11) is -2.99. The lowest BCUT2D eigenvalue weighted by atomic mass is 9.90. The van der Waals surface area contributed by atoms with Gasteiger partial charge in [0, 0.05) is 11.5 Å². The zero-order valence-corrected chi connectivity index (χ0v) is 14.6. The van der Waals surface area contributed by atoms with Crippen LogP contribution in [0.3, 0.4) is 0 Å². The molecule has 0 saturated carbocycles. The van der Waals surface area contributed by atoms with E-state index in [9.17, 15) is 13.2 Å². The van der Waals surface area contributed by atoms with Gasteiger partial charge in [0.2, 0.25) is 0 Å². The maximum atomic E-state index is 12.8. The lowest BCUT2D eigenvalue weighted by Crippen LogP contribution is -2.36. The number of carbonyl (C=O) groups excluding carboxylic acids is 1. The third kappa shape index (κ3) is 3.09. The predicted molar refractivity (Wildman–Crippen MR) is 95.7 cm³/mol. The van der Waals surface area contributed by atoms with Gasteiger partial charge in [0.25, 0.3) is 0 Å². The minimum atomic E-state index is -2.99. The molecule has 2 heterocycles. The summed E-state index contributed by atoms with van der Waals surface area (Å²) in [6, 6.07) is 16.6. The van der Waals surface area contributed by atoms with Crippen LogP contribution in [0.25, 0.3) is 0 Å². The van der Waals surface area contributed by atoms with E-state index in [0.717, 1.165) is 5.75 Å². The van der Waals surface area contributed by atoms with Gasteiger partial charge in [-0.25, -0.2) is 8.42 Å². The van der Waals surface area contributed by atoms with Crippen molar-refractivity contribution in [2.45, 2.75) is 36.2 Å². The van der Waals surface area contributed by atoms with Crippen molar-refractivity contribution in [3.05, 3.63) is 60.2 Å². The fourth-order valence-corrected chi connectivity index (χ4v) is 6.44. The Kier molecular flexibility index (Phi) is 4.12. The van der Waals surface area contributed by atoms with Crippen LogP contribution in [0.5, 0.6) is 11.5 Å². The lowest BCUT2D eigenvalue weighted by Gasteiger charge is -2.27. The number of carbonyl (C=O) groups is 1. The molecule has 0 radical (unpaired) electrons. The molecule has 2 atom stereocenters. The first-order chi connectivity index (χ1) is 12.0. The van der Waals surface area contributed by atoms with Gasteiger partial charge >= 0.3 is 0 Å². The van der Waals surface area contributed by atoms with Gasteiger partial charge in [-0.3, -0.25) is 4.79 Å². The first-order valence-electron chi connectivity index (χ1n) is 8.64. The Hall–Kier alpha value is -2.14. The van der Waals surface area contributed by atoms with Crippen molar-refractivity contribution in [3.63, 3.8) is 0 Å². The molecule has 130 valence electrons. The number of ketones is 1. The molecule has 2 aromatic carbocycles. The molecular weight excluding hydrogens is 336 g/mol. The van der Waals surface area contributed by atoms with E-state index >= 15 is 0 Å². The second kappa shape index (κ2) is 6.30. The highest BCUT2D eigenvalue weighted by Gasteiger charge is 2.48. The SMILES string of the molecule is O=C(c1ccc(Oc2ccccc2)cc1)C1CC2CCC(C1)S2(=O)=O. The summed E-state index contributed by atoms with van der Waals surface area (Å²) < 4.78 is 30.1. The number of benzene rings is 2. The molecule has 2 unspecified atom stereocenters. The predicted octanol–water partition coefficient (Wildman–Crippen LogP) is 4.02. The normalized spacial score (nSPS) is 27.0. The summed E-state index contributed by atoms with van der Waals surface area (Å²) in [4.78, 5) is 12.8. The highest BCUT2D eigenvalue weighted by atomic mass is 32.2. The molecule has 2 aliphatic rings. The maximum Gasteiger partial charge on any atom is 0.166 e. The van der Waals surface area contributed by atoms with E-state index in [4.69, 9.17) is 4.74 Å². The van der Waals surface area contributed by atoms with Crippen LogP contribution in [0.1, 0.15) is 36.0 Å². The molecule has 0 aliphatic carbocycles. The van der Waals surface area contributed by atoms with Gasteiger partial charge in [0.15, 0.2) is 15.6 Å². The molecule has 2 aromatic rings. The molecular formula is C20H20O4S. The quantitative estimate of drug-likeness (QED) is 0.777. The minimum absolute atomic E-state index is 0.0538. The number of rotatable bonds is 4. The first-order valence-corrected chi connectivity index (χ1v) is 10.2. The summed E-state index contributed by atoms with van der Waals surface area (Å²) in [6.45, 7) is 0. The fraction of sp³-hybridized carbons (Fsp3) is 0.350. The van der Waals surface area contributed by atoms with E-state index in [1.54, 1.807) is 24.3 Å². The largest absolute Gasteiger partial charge is 0.457 e. The average Bonchev–Trinajstić information content (AvgIpc) is 2.80. The van der Waals surface area contributed by atoms with Gasteiger partial charge in [0.05, 0.1) is 10.5 Å². The summed E-state index contributed by atoms with van der Waals surface area (Å²) >= 11 is 0. The fourth-order valence-electron chi connectivity index (χ4n) is 3.97. The Bertz CT molecular complexity index is 852. The molecule has 4 rings (SSSR count). The summed E-state index contributed by atoms with van der Waals surface area (Å²) in [5.74, 6) is 1.30. The third-order valence-electron chi connectivity index (χ3n) is 5.32. The van der Waals surface area contributed by atoms with E-state index in [2.05, 4.69) is 0 Å². The average molecular weight is 356 g/mol. The van der Waals surface area contributed by atoms with Crippen LogP contribution < -0.4 is 4.74 Å². The van der Waals surface area contributed by atoms with Gasteiger partial charge < -0.3 is 4.74 Å². The van der Waals surface area contributed by atoms with Crippen LogP contribution in [0, 0.1) is 5.92 Å². The first kappa shape index (κ1) is 16.3. The molecule has 0 aromatic heterocycles. The van der Waals surface area contributed by atoms with Crippen molar-refractivity contribution in [1.82, 2.24) is 0 Å². The van der Waals surface area contributed by atoms with Crippen LogP contribution in [0.2, 0.25) is 0 Å². The van der Waals surface area contributed by atoms with Crippen molar-refractivity contribution in [1.29, 1.82) is 0 Å². The van der Waals surface area contributed by atoms with Gasteiger partial charge in [0.1, 0.15) is 11.5 Å². The molecule has 0 N–H and O–H groups in total. The number of fused-ring (bicyclic) bond motifs is 2. The Morgan fingerprint density at radius 1 is 0.840 bits per heavy atom. The highest BCUT2D eigenvalue weighted by Crippen LogP contribution is 2.42. The Morgan fingerprint density at radius 2 is 1.40 bits per heavy atom. The van der Waals surface area contributed by atoms with Crippen molar-refractivity contribution in [2.24, 2.45) is 5.92 Å². The van der Waals surface area contributed by atoms with Crippen LogP contribution in [-0.4, -0.2) is 24.7 Å². The van der Waals surface area contributed by atoms with Crippen LogP contribution in [0.15, 0.2) is 54.6 Å². The molecule has 2 aliphatic heterocycles. The van der Waals surface area contributed by atoms with E-state index in [1.165, 1.54) is 0 Å². The van der Waals surface area contributed by atoms with E-state index in [0.29, 0.717) is 37.0 Å². The van der Waals surface area contributed by atoms with Crippen molar-refractivity contribution in [2.75, 3.05) is 0 Å². The third-order valence-corrected chi connectivity index (χ3v) is 8.04. The zero-order chi connectivity index (χ0) is 17.4. The number of Topliss-reactive ketones (excluding diaryl/α,β-unsaturated/α-hetero) is 1. The lowest BCUT2D eigenvalue weighted by molar-refractivity contribution is 0.0905. The van der Waals surface area contributed by atoms with Crippen molar-refractivity contribution >= 4 is 15.6 Å². The second-order valence-corrected chi connectivity index (χ2v) is 9.39. The number of hydrogen-bond donors (Lipinski definition) is 0. The van der Waals surface area contributed by atoms with E-state index in [1.807, 2.05) is 30.3 Å². The summed E-state index contributed by atoms with van der Waals surface area (Å²) in [5, 5.41) is -0.637. The number of sulfone groups is 1. The van der Waals surface area contributed by atoms with Gasteiger partial charge in [-0.15, -0.1) is 0 Å². The van der Waals surface area contributed by atoms with Crippen LogP contribution >= 0.6 is 0 Å². The number of para-hydroxylation sites is 1. The molecule has 0 amide bonds. The second-order valence-electron chi connectivity index (χ2n) is 6.88. The van der Waals surface area contributed by atoms with E-state index in [-0.39, 0.29) is 22.2 Å². The zero-order valence-electron chi connectivity index (χ0n) is 13.8. The Morgan fingerprint density at radius 3 is 2.00 bits per heavy atom. The van der Waals surface area contributed by atoms with Crippen LogP contribution in [0.4, 0.5) is 0 Å². The molecule has 0 spiro atoms. The topological polar surface area (TPSA) is 60.4 Å². The van der Waals surface area contributed by atoms with Gasteiger partial charge in [-0.2, -0.15) is 0 Å². The molecule has 2 saturated heterocycles. The van der Waals surface area contributed by atoms with Crippen molar-refractivity contribution in [3.8, 4) is 11.5 Å². The standard InChI is InChI=1S/C20H20O4S/c21-20(15-12-18-10-11-19(13-15)25(18,22)23)14-6-8-17(9-7-14)24-16-4-2-1-3-5-16/h1-9,15,18-19H,10-13H2. The smallest absolute Gasteiger partial charge is 0.166 e. The molecule has 2 fully saturated rings. The summed E-state index contributed by atoms with van der Waals surface area (Å²) in [6.07, 6.45) is 2.36. The molecule has 2 bridgehead atoms. The molecule has 5 heteroatoms. The van der Waals surface area contributed by atoms with Crippen LogP contribution in [-0.2, 0) is 9.84 Å². The Labute approximate surface area is 147 Å². The molecule has 4 nitrogen and oxygen atoms in total. The minimum Gasteiger partial charge on any atom is -0.457 e. The monoisotopic (exact) mass is 356 g/mol. The van der Waals surface area contributed by atoms with Gasteiger partial charge in [-0.1, -0.05) is 18.2 Å². The van der Waals surface area contributed by atoms with Crippen molar-refractivity contribution < 1.29 is 17.9 Å². The number of hydrogen-bond acceptors (Lipinski definition) is 4. The number of ether oxygens (including phenoxy) is 1. The van der Waals surface area contributed by atoms with Gasteiger partial charge in [-0.05, 0) is 62.1 Å². The maximum absolute atomic E-state index is 12.8. The highest BCUT2D eigenvalue weighted by molar-refractivity contribution is 7.93.